The molecule has 1 amide bonds. The summed E-state index contributed by atoms with van der Waals surface area (Å²) in [6.45, 7) is 2.41. The van der Waals surface area contributed by atoms with Gasteiger partial charge in [0.05, 0.1) is 23.2 Å². The van der Waals surface area contributed by atoms with Crippen molar-refractivity contribution in [2.75, 3.05) is 13.7 Å². The lowest BCUT2D eigenvalue weighted by atomic mass is 10.1. The fourth-order valence-corrected chi connectivity index (χ4v) is 2.12. The van der Waals surface area contributed by atoms with E-state index in [9.17, 15) is 4.79 Å². The molecular formula is C13H13ClN2O2. The van der Waals surface area contributed by atoms with Crippen LogP contribution in [0.5, 0.6) is 5.75 Å². The molecule has 1 heterocycles. The van der Waals surface area contributed by atoms with Gasteiger partial charge in [0.15, 0.2) is 0 Å². The minimum absolute atomic E-state index is 0.189. The van der Waals surface area contributed by atoms with E-state index in [1.165, 1.54) is 0 Å². The summed E-state index contributed by atoms with van der Waals surface area (Å²) in [5.74, 6) is 0.346. The van der Waals surface area contributed by atoms with Gasteiger partial charge in [0.2, 0.25) is 0 Å². The number of halogens is 1. The number of aromatic nitrogens is 1. The lowest BCUT2D eigenvalue weighted by molar-refractivity contribution is 0.0957. The summed E-state index contributed by atoms with van der Waals surface area (Å²) in [5.41, 5.74) is 1.04. The quantitative estimate of drug-likeness (QED) is 0.927. The second-order valence-electron chi connectivity index (χ2n) is 3.70. The third-order valence-electron chi connectivity index (χ3n) is 2.58. The minimum Gasteiger partial charge on any atom is -0.494 e. The van der Waals surface area contributed by atoms with E-state index < -0.39 is 0 Å². The van der Waals surface area contributed by atoms with E-state index in [1.54, 1.807) is 25.4 Å². The average Bonchev–Trinajstić information content (AvgIpc) is 2.38. The number of carbonyl (C=O) groups excluding carboxylic acids is 1. The molecule has 0 unspecified atom stereocenters. The van der Waals surface area contributed by atoms with E-state index in [-0.39, 0.29) is 5.91 Å². The van der Waals surface area contributed by atoms with Gasteiger partial charge in [-0.05, 0) is 25.1 Å². The van der Waals surface area contributed by atoms with E-state index in [2.05, 4.69) is 10.3 Å². The summed E-state index contributed by atoms with van der Waals surface area (Å²) < 4.78 is 5.25. The molecule has 0 aliphatic carbocycles. The van der Waals surface area contributed by atoms with Gasteiger partial charge in [-0.2, -0.15) is 0 Å². The number of rotatable bonds is 3. The second-order valence-corrected chi connectivity index (χ2v) is 4.11. The van der Waals surface area contributed by atoms with E-state index in [0.29, 0.717) is 28.4 Å². The Bertz CT molecular complexity index is 599. The van der Waals surface area contributed by atoms with Crippen LogP contribution < -0.4 is 10.1 Å². The summed E-state index contributed by atoms with van der Waals surface area (Å²) in [5, 5.41) is 3.87. The largest absolute Gasteiger partial charge is 0.494 e. The van der Waals surface area contributed by atoms with Crippen LogP contribution in [0.3, 0.4) is 0 Å². The van der Waals surface area contributed by atoms with Crippen molar-refractivity contribution in [2.45, 2.75) is 6.92 Å². The summed E-state index contributed by atoms with van der Waals surface area (Å²) in [7, 11) is 1.54. The first-order chi connectivity index (χ1) is 8.69. The molecule has 2 rings (SSSR count). The first-order valence-electron chi connectivity index (χ1n) is 5.58. The molecule has 0 saturated heterocycles. The van der Waals surface area contributed by atoms with Crippen LogP contribution in [0.1, 0.15) is 17.3 Å². The molecule has 0 saturated carbocycles. The van der Waals surface area contributed by atoms with Crippen LogP contribution in [0.4, 0.5) is 0 Å². The predicted molar refractivity (Wildman–Crippen MR) is 71.3 cm³/mol. The fourth-order valence-electron chi connectivity index (χ4n) is 1.83. The van der Waals surface area contributed by atoms with Crippen LogP contribution in [-0.4, -0.2) is 24.5 Å². The molecular weight excluding hydrogens is 252 g/mol. The maximum Gasteiger partial charge on any atom is 0.253 e. The fraction of sp³-hybridized carbons (Fsp3) is 0.231. The number of pyridine rings is 1. The summed E-state index contributed by atoms with van der Waals surface area (Å²) in [6.07, 6.45) is 1.64. The smallest absolute Gasteiger partial charge is 0.253 e. The molecule has 0 fully saturated rings. The van der Waals surface area contributed by atoms with Gasteiger partial charge in [-0.15, -0.1) is 0 Å². The molecule has 1 aromatic heterocycles. The van der Waals surface area contributed by atoms with Crippen molar-refractivity contribution >= 4 is 28.4 Å². The Kier molecular flexibility index (Phi) is 3.67. The van der Waals surface area contributed by atoms with Crippen LogP contribution in [0.15, 0.2) is 24.4 Å². The predicted octanol–water partition coefficient (Wildman–Crippen LogP) is 2.65. The molecule has 0 atom stereocenters. The molecule has 0 aliphatic heterocycles. The molecule has 0 bridgehead atoms. The molecule has 4 nitrogen and oxygen atoms in total. The van der Waals surface area contributed by atoms with Crippen molar-refractivity contribution in [3.63, 3.8) is 0 Å². The Morgan fingerprint density at radius 2 is 2.33 bits per heavy atom. The highest BCUT2D eigenvalue weighted by Crippen LogP contribution is 2.34. The first kappa shape index (κ1) is 12.6. The van der Waals surface area contributed by atoms with Crippen molar-refractivity contribution in [2.24, 2.45) is 0 Å². The highest BCUT2D eigenvalue weighted by Gasteiger charge is 2.16. The third-order valence-corrected chi connectivity index (χ3v) is 2.86. The average molecular weight is 265 g/mol. The Labute approximate surface area is 110 Å². The number of carbonyl (C=O) groups is 1. The van der Waals surface area contributed by atoms with Gasteiger partial charge in [-0.3, -0.25) is 9.78 Å². The van der Waals surface area contributed by atoms with E-state index in [4.69, 9.17) is 16.3 Å². The molecule has 18 heavy (non-hydrogen) atoms. The molecule has 94 valence electrons. The van der Waals surface area contributed by atoms with E-state index in [1.807, 2.05) is 13.0 Å². The SMILES string of the molecule is CCNC(=O)c1cc(Cl)c(OC)c2cccnc12. The van der Waals surface area contributed by atoms with Gasteiger partial charge in [-0.25, -0.2) is 0 Å². The van der Waals surface area contributed by atoms with Crippen molar-refractivity contribution < 1.29 is 9.53 Å². The monoisotopic (exact) mass is 264 g/mol. The highest BCUT2D eigenvalue weighted by atomic mass is 35.5. The summed E-state index contributed by atoms with van der Waals surface area (Å²) >= 11 is 6.12. The van der Waals surface area contributed by atoms with Gasteiger partial charge >= 0.3 is 0 Å². The van der Waals surface area contributed by atoms with Crippen LogP contribution in [-0.2, 0) is 0 Å². The highest BCUT2D eigenvalue weighted by molar-refractivity contribution is 6.34. The van der Waals surface area contributed by atoms with Gasteiger partial charge in [-0.1, -0.05) is 11.6 Å². The number of ether oxygens (including phenoxy) is 1. The third kappa shape index (κ3) is 2.11. The number of hydrogen-bond donors (Lipinski definition) is 1. The molecule has 0 spiro atoms. The molecule has 1 N–H and O–H groups in total. The van der Waals surface area contributed by atoms with Crippen LogP contribution in [0.25, 0.3) is 10.9 Å². The van der Waals surface area contributed by atoms with Gasteiger partial charge in [0.25, 0.3) is 5.91 Å². The summed E-state index contributed by atoms with van der Waals surface area (Å²) in [4.78, 5) is 16.2. The summed E-state index contributed by atoms with van der Waals surface area (Å²) in [6, 6.07) is 5.19. The van der Waals surface area contributed by atoms with Gasteiger partial charge in [0.1, 0.15) is 5.75 Å². The van der Waals surface area contributed by atoms with Crippen molar-refractivity contribution in [1.82, 2.24) is 10.3 Å². The second kappa shape index (κ2) is 5.23. The molecule has 1 aromatic carbocycles. The van der Waals surface area contributed by atoms with Crippen LogP contribution in [0.2, 0.25) is 5.02 Å². The molecule has 5 heteroatoms. The van der Waals surface area contributed by atoms with Gasteiger partial charge in [0, 0.05) is 18.1 Å². The zero-order valence-electron chi connectivity index (χ0n) is 10.2. The number of methoxy groups -OCH3 is 1. The zero-order valence-corrected chi connectivity index (χ0v) is 10.9. The standard InChI is InChI=1S/C13H13ClN2O2/c1-3-15-13(17)9-7-10(14)12(18-2)8-5-4-6-16-11(8)9/h4-7H,3H2,1-2H3,(H,15,17). The minimum atomic E-state index is -0.189. The Balaban J connectivity index is 2.72. The first-order valence-corrected chi connectivity index (χ1v) is 5.96. The zero-order chi connectivity index (χ0) is 13.1. The number of nitrogens with one attached hydrogen (secondary N) is 1. The molecule has 0 radical (unpaired) electrons. The number of amides is 1. The maximum absolute atomic E-state index is 12.0. The number of fused-ring (bicyclic) bond motifs is 1. The van der Waals surface area contributed by atoms with Gasteiger partial charge < -0.3 is 10.1 Å². The van der Waals surface area contributed by atoms with Crippen LogP contribution >= 0.6 is 11.6 Å². The van der Waals surface area contributed by atoms with Crippen molar-refractivity contribution in [3.8, 4) is 5.75 Å². The topological polar surface area (TPSA) is 51.2 Å². The van der Waals surface area contributed by atoms with Crippen molar-refractivity contribution in [1.29, 1.82) is 0 Å². The van der Waals surface area contributed by atoms with E-state index in [0.717, 1.165) is 5.39 Å². The van der Waals surface area contributed by atoms with E-state index >= 15 is 0 Å². The lowest BCUT2D eigenvalue weighted by Gasteiger charge is -2.11. The Morgan fingerprint density at radius 1 is 1.56 bits per heavy atom. The van der Waals surface area contributed by atoms with Crippen molar-refractivity contribution in [3.05, 3.63) is 35.0 Å². The number of benzene rings is 1. The maximum atomic E-state index is 12.0. The molecule has 0 aliphatic rings. The lowest BCUT2D eigenvalue weighted by Crippen LogP contribution is -2.23. The number of nitrogens with zero attached hydrogens (tertiary/aromatic N) is 1. The van der Waals surface area contributed by atoms with Crippen LogP contribution in [0, 0.1) is 0 Å². The normalized spacial score (nSPS) is 10.4. The Hall–Kier alpha value is -1.81. The number of hydrogen-bond acceptors (Lipinski definition) is 3. The Morgan fingerprint density at radius 3 is 3.00 bits per heavy atom. The molecule has 2 aromatic rings.